The molecule has 2 unspecified atom stereocenters. The van der Waals surface area contributed by atoms with Gasteiger partial charge in [0.25, 0.3) is 0 Å². The van der Waals surface area contributed by atoms with Gasteiger partial charge in [0.2, 0.25) is 0 Å². The van der Waals surface area contributed by atoms with E-state index in [2.05, 4.69) is 17.3 Å². The van der Waals surface area contributed by atoms with Crippen LogP contribution >= 0.6 is 11.6 Å². The summed E-state index contributed by atoms with van der Waals surface area (Å²) in [6.07, 6.45) is 3.30. The maximum Gasteiger partial charge on any atom is 0.0847 e. The van der Waals surface area contributed by atoms with Crippen LogP contribution in [-0.4, -0.2) is 35.6 Å². The van der Waals surface area contributed by atoms with Crippen molar-refractivity contribution in [2.75, 3.05) is 19.8 Å². The lowest BCUT2D eigenvalue weighted by atomic mass is 9.90. The molecule has 1 saturated heterocycles. The molecule has 0 spiro atoms. The van der Waals surface area contributed by atoms with Crippen molar-refractivity contribution in [3.8, 4) is 0 Å². The monoisotopic (exact) mass is 285 g/mol. The number of nitrogens with zero attached hydrogens (tertiary/aromatic N) is 2. The molecule has 2 rings (SSSR count). The summed E-state index contributed by atoms with van der Waals surface area (Å²) in [5.41, 5.74) is 2.03. The quantitative estimate of drug-likeness (QED) is 0.902. The average Bonchev–Trinajstić information content (AvgIpc) is 2.65. The Hall–Kier alpha value is -0.580. The van der Waals surface area contributed by atoms with Gasteiger partial charge in [-0.3, -0.25) is 4.68 Å². The maximum absolute atomic E-state index is 6.35. The number of halogens is 1. The fraction of sp³-hybridized carbons (Fsp3) is 0.786. The van der Waals surface area contributed by atoms with Crippen LogP contribution in [0.2, 0.25) is 5.02 Å². The van der Waals surface area contributed by atoms with Gasteiger partial charge in [0.1, 0.15) is 0 Å². The van der Waals surface area contributed by atoms with Crippen molar-refractivity contribution in [2.24, 2.45) is 13.0 Å². The number of likely N-dealkylation sites (N-methyl/N-ethyl adjacent to an activating group) is 1. The molecule has 1 fully saturated rings. The van der Waals surface area contributed by atoms with Crippen molar-refractivity contribution in [1.29, 1.82) is 0 Å². The van der Waals surface area contributed by atoms with Crippen LogP contribution in [0.3, 0.4) is 0 Å². The second-order valence-electron chi connectivity index (χ2n) is 5.32. The topological polar surface area (TPSA) is 39.1 Å². The predicted molar refractivity (Wildman–Crippen MR) is 77.7 cm³/mol. The molecule has 5 heteroatoms. The third-order valence-electron chi connectivity index (χ3n) is 3.91. The molecule has 0 amide bonds. The summed E-state index contributed by atoms with van der Waals surface area (Å²) >= 11 is 6.35. The Bertz CT molecular complexity index is 413. The van der Waals surface area contributed by atoms with Gasteiger partial charge in [-0.2, -0.15) is 5.10 Å². The minimum Gasteiger partial charge on any atom is -0.381 e. The molecule has 2 atom stereocenters. The normalized spacial score (nSPS) is 21.6. The first-order chi connectivity index (χ1) is 9.13. The molecule has 0 aromatic carbocycles. The summed E-state index contributed by atoms with van der Waals surface area (Å²) in [6.45, 7) is 6.83. The average molecular weight is 286 g/mol. The zero-order valence-corrected chi connectivity index (χ0v) is 12.8. The van der Waals surface area contributed by atoms with Gasteiger partial charge in [-0.1, -0.05) is 18.5 Å². The Morgan fingerprint density at radius 3 is 2.89 bits per heavy atom. The van der Waals surface area contributed by atoms with E-state index in [0.717, 1.165) is 49.0 Å². The van der Waals surface area contributed by atoms with Crippen LogP contribution in [-0.2, 0) is 18.2 Å². The van der Waals surface area contributed by atoms with Crippen LogP contribution in [0.1, 0.15) is 31.2 Å². The SMILES string of the molecule is CCNC(Cc1c(Cl)c(C)nn1C)C1CCCOC1. The molecule has 1 aliphatic heterocycles. The van der Waals surface area contributed by atoms with Crippen LogP contribution in [0.25, 0.3) is 0 Å². The zero-order valence-electron chi connectivity index (χ0n) is 12.1. The fourth-order valence-corrected chi connectivity index (χ4v) is 3.10. The minimum absolute atomic E-state index is 0.414. The van der Waals surface area contributed by atoms with Gasteiger partial charge in [0.15, 0.2) is 0 Å². The number of hydrogen-bond acceptors (Lipinski definition) is 3. The highest BCUT2D eigenvalue weighted by Gasteiger charge is 2.26. The molecule has 4 nitrogen and oxygen atoms in total. The Kier molecular flexibility index (Phi) is 5.25. The molecule has 19 heavy (non-hydrogen) atoms. The van der Waals surface area contributed by atoms with E-state index in [0.29, 0.717) is 12.0 Å². The fourth-order valence-electron chi connectivity index (χ4n) is 2.86. The van der Waals surface area contributed by atoms with Crippen molar-refractivity contribution < 1.29 is 4.74 Å². The lowest BCUT2D eigenvalue weighted by Crippen LogP contribution is -2.42. The van der Waals surface area contributed by atoms with E-state index in [9.17, 15) is 0 Å². The van der Waals surface area contributed by atoms with Crippen molar-refractivity contribution in [1.82, 2.24) is 15.1 Å². The smallest absolute Gasteiger partial charge is 0.0847 e. The summed E-state index contributed by atoms with van der Waals surface area (Å²) in [4.78, 5) is 0. The molecule has 1 aromatic rings. The van der Waals surface area contributed by atoms with E-state index in [-0.39, 0.29) is 0 Å². The van der Waals surface area contributed by atoms with E-state index < -0.39 is 0 Å². The molecule has 0 bridgehead atoms. The maximum atomic E-state index is 6.35. The van der Waals surface area contributed by atoms with E-state index in [1.54, 1.807) is 0 Å². The van der Waals surface area contributed by atoms with Crippen LogP contribution in [0, 0.1) is 12.8 Å². The Morgan fingerprint density at radius 1 is 1.58 bits per heavy atom. The number of aryl methyl sites for hydroxylation is 2. The highest BCUT2D eigenvalue weighted by Crippen LogP contribution is 2.25. The Morgan fingerprint density at radius 2 is 2.37 bits per heavy atom. The number of hydrogen-bond donors (Lipinski definition) is 1. The van der Waals surface area contributed by atoms with Gasteiger partial charge in [0, 0.05) is 26.1 Å². The van der Waals surface area contributed by atoms with Crippen molar-refractivity contribution in [2.45, 2.75) is 39.2 Å². The van der Waals surface area contributed by atoms with Crippen LogP contribution < -0.4 is 5.32 Å². The Balaban J connectivity index is 2.11. The lowest BCUT2D eigenvalue weighted by molar-refractivity contribution is 0.0393. The largest absolute Gasteiger partial charge is 0.381 e. The molecule has 108 valence electrons. The Labute approximate surface area is 120 Å². The van der Waals surface area contributed by atoms with Crippen LogP contribution in [0.4, 0.5) is 0 Å². The van der Waals surface area contributed by atoms with Gasteiger partial charge in [-0.25, -0.2) is 0 Å². The second kappa shape index (κ2) is 6.73. The van der Waals surface area contributed by atoms with Crippen molar-refractivity contribution in [3.05, 3.63) is 16.4 Å². The molecular formula is C14H24ClN3O. The highest BCUT2D eigenvalue weighted by atomic mass is 35.5. The number of nitrogens with one attached hydrogen (secondary N) is 1. The summed E-state index contributed by atoms with van der Waals surface area (Å²) in [7, 11) is 1.97. The van der Waals surface area contributed by atoms with E-state index >= 15 is 0 Å². The third-order valence-corrected chi connectivity index (χ3v) is 4.40. The molecule has 2 heterocycles. The summed E-state index contributed by atoms with van der Waals surface area (Å²) in [5, 5.41) is 8.79. The molecule has 0 aliphatic carbocycles. The molecule has 1 aliphatic rings. The summed E-state index contributed by atoms with van der Waals surface area (Å²) < 4.78 is 7.53. The van der Waals surface area contributed by atoms with Crippen LogP contribution in [0.5, 0.6) is 0 Å². The number of rotatable bonds is 5. The number of aromatic nitrogens is 2. The molecule has 0 radical (unpaired) electrons. The van der Waals surface area contributed by atoms with Gasteiger partial charge in [-0.05, 0) is 32.2 Å². The van der Waals surface area contributed by atoms with Gasteiger partial charge >= 0.3 is 0 Å². The second-order valence-corrected chi connectivity index (χ2v) is 5.69. The van der Waals surface area contributed by atoms with E-state index in [4.69, 9.17) is 16.3 Å². The first kappa shape index (κ1) is 14.8. The van der Waals surface area contributed by atoms with Crippen molar-refractivity contribution >= 4 is 11.6 Å². The standard InChI is InChI=1S/C14H24ClN3O/c1-4-16-12(11-6-5-7-19-9-11)8-13-14(15)10(2)17-18(13)3/h11-12,16H,4-9H2,1-3H3. The van der Waals surface area contributed by atoms with Gasteiger partial charge in [-0.15, -0.1) is 0 Å². The predicted octanol–water partition coefficient (Wildman–Crippen LogP) is 2.33. The first-order valence-corrected chi connectivity index (χ1v) is 7.50. The first-order valence-electron chi connectivity index (χ1n) is 7.12. The molecule has 0 saturated carbocycles. The van der Waals surface area contributed by atoms with Gasteiger partial charge < -0.3 is 10.1 Å². The van der Waals surface area contributed by atoms with Crippen molar-refractivity contribution in [3.63, 3.8) is 0 Å². The lowest BCUT2D eigenvalue weighted by Gasteiger charge is -2.31. The third kappa shape index (κ3) is 3.50. The highest BCUT2D eigenvalue weighted by molar-refractivity contribution is 6.31. The minimum atomic E-state index is 0.414. The molecular weight excluding hydrogens is 262 g/mol. The summed E-state index contributed by atoms with van der Waals surface area (Å²) in [5.74, 6) is 0.569. The van der Waals surface area contributed by atoms with Crippen LogP contribution in [0.15, 0.2) is 0 Å². The molecule has 1 N–H and O–H groups in total. The van der Waals surface area contributed by atoms with Gasteiger partial charge in [0.05, 0.1) is 23.0 Å². The van der Waals surface area contributed by atoms with E-state index in [1.807, 2.05) is 18.7 Å². The summed E-state index contributed by atoms with van der Waals surface area (Å²) in [6, 6.07) is 0.414. The van der Waals surface area contributed by atoms with E-state index in [1.165, 1.54) is 6.42 Å². The zero-order chi connectivity index (χ0) is 13.8. The molecule has 1 aromatic heterocycles. The number of ether oxygens (including phenoxy) is 1.